The highest BCUT2D eigenvalue weighted by Gasteiger charge is 2.13. The van der Waals surface area contributed by atoms with E-state index < -0.39 is 0 Å². The number of nitrogens with zero attached hydrogens (tertiary/aromatic N) is 3. The summed E-state index contributed by atoms with van der Waals surface area (Å²) in [6.45, 7) is 8.04. The highest BCUT2D eigenvalue weighted by Crippen LogP contribution is 2.00. The van der Waals surface area contributed by atoms with Crippen molar-refractivity contribution in [2.75, 3.05) is 32.8 Å². The summed E-state index contributed by atoms with van der Waals surface area (Å²) in [5.41, 5.74) is 1.22. The Hall–Kier alpha value is -0.910. The molecule has 17 heavy (non-hydrogen) atoms. The predicted octanol–water partition coefficient (Wildman–Crippen LogP) is 0.230. The van der Waals surface area contributed by atoms with E-state index >= 15 is 0 Å². The van der Waals surface area contributed by atoms with E-state index in [0.717, 1.165) is 39.4 Å². The third-order valence-electron chi connectivity index (χ3n) is 3.19. The minimum atomic E-state index is 0.489. The van der Waals surface area contributed by atoms with Gasteiger partial charge in [-0.05, 0) is 13.0 Å². The lowest BCUT2D eigenvalue weighted by molar-refractivity contribution is 0.0343. The van der Waals surface area contributed by atoms with Crippen LogP contribution in [0.4, 0.5) is 0 Å². The number of ether oxygens (including phenoxy) is 1. The second-order valence-corrected chi connectivity index (χ2v) is 4.64. The van der Waals surface area contributed by atoms with Crippen molar-refractivity contribution in [1.82, 2.24) is 20.0 Å². The molecule has 5 heteroatoms. The molecule has 96 valence electrons. The van der Waals surface area contributed by atoms with Gasteiger partial charge in [-0.15, -0.1) is 0 Å². The van der Waals surface area contributed by atoms with Gasteiger partial charge in [-0.3, -0.25) is 9.58 Å². The maximum atomic E-state index is 5.34. The van der Waals surface area contributed by atoms with Gasteiger partial charge < -0.3 is 10.1 Å². The number of hydrogen-bond donors (Lipinski definition) is 1. The molecule has 1 aromatic rings. The van der Waals surface area contributed by atoms with Gasteiger partial charge in [0.05, 0.1) is 18.9 Å². The molecule has 2 heterocycles. The zero-order valence-electron chi connectivity index (χ0n) is 10.7. The Balaban J connectivity index is 1.70. The first-order valence-corrected chi connectivity index (χ1v) is 6.26. The summed E-state index contributed by atoms with van der Waals surface area (Å²) in [6.07, 6.45) is 1.84. The number of rotatable bonds is 5. The van der Waals surface area contributed by atoms with Gasteiger partial charge in [-0.2, -0.15) is 5.10 Å². The van der Waals surface area contributed by atoms with Gasteiger partial charge >= 0.3 is 0 Å². The zero-order valence-corrected chi connectivity index (χ0v) is 10.7. The minimum Gasteiger partial charge on any atom is -0.379 e. The van der Waals surface area contributed by atoms with Crippen LogP contribution in [0.15, 0.2) is 12.3 Å². The highest BCUT2D eigenvalue weighted by atomic mass is 16.5. The first-order valence-electron chi connectivity index (χ1n) is 6.26. The smallest absolute Gasteiger partial charge is 0.0594 e. The molecule has 1 fully saturated rings. The van der Waals surface area contributed by atoms with E-state index in [1.54, 1.807) is 0 Å². The van der Waals surface area contributed by atoms with Crippen molar-refractivity contribution in [3.05, 3.63) is 18.0 Å². The first kappa shape index (κ1) is 12.5. The average Bonchev–Trinajstić information content (AvgIpc) is 2.74. The van der Waals surface area contributed by atoms with Crippen molar-refractivity contribution < 1.29 is 4.74 Å². The maximum Gasteiger partial charge on any atom is 0.0594 e. The molecule has 5 nitrogen and oxygen atoms in total. The Morgan fingerprint density at radius 2 is 2.24 bits per heavy atom. The van der Waals surface area contributed by atoms with E-state index in [-0.39, 0.29) is 0 Å². The van der Waals surface area contributed by atoms with E-state index in [0.29, 0.717) is 6.04 Å². The third kappa shape index (κ3) is 3.80. The largest absolute Gasteiger partial charge is 0.379 e. The molecule has 1 aromatic heterocycles. The summed E-state index contributed by atoms with van der Waals surface area (Å²) in [5.74, 6) is 0. The van der Waals surface area contributed by atoms with Gasteiger partial charge in [0.1, 0.15) is 0 Å². The van der Waals surface area contributed by atoms with E-state index in [1.807, 2.05) is 17.9 Å². The Bertz CT molecular complexity index is 333. The number of hydrogen-bond acceptors (Lipinski definition) is 4. The van der Waals surface area contributed by atoms with Crippen LogP contribution in [-0.4, -0.2) is 53.6 Å². The predicted molar refractivity (Wildman–Crippen MR) is 66.8 cm³/mol. The van der Waals surface area contributed by atoms with Crippen molar-refractivity contribution in [2.24, 2.45) is 7.05 Å². The quantitative estimate of drug-likeness (QED) is 0.797. The van der Waals surface area contributed by atoms with Crippen molar-refractivity contribution in [3.8, 4) is 0 Å². The molecule has 1 atom stereocenters. The molecule has 1 aliphatic rings. The first-order chi connectivity index (χ1) is 8.25. The second kappa shape index (κ2) is 6.14. The van der Waals surface area contributed by atoms with Gasteiger partial charge in [0.2, 0.25) is 0 Å². The minimum absolute atomic E-state index is 0.489. The molecule has 1 aliphatic heterocycles. The summed E-state index contributed by atoms with van der Waals surface area (Å²) < 4.78 is 7.25. The zero-order chi connectivity index (χ0) is 12.1. The Kier molecular flexibility index (Phi) is 4.53. The molecule has 0 amide bonds. The Morgan fingerprint density at radius 1 is 1.47 bits per heavy atom. The van der Waals surface area contributed by atoms with Crippen LogP contribution in [0.5, 0.6) is 0 Å². The maximum absolute atomic E-state index is 5.34. The highest BCUT2D eigenvalue weighted by molar-refractivity contribution is 4.99. The van der Waals surface area contributed by atoms with Crippen LogP contribution in [0, 0.1) is 0 Å². The summed E-state index contributed by atoms with van der Waals surface area (Å²) in [4.78, 5) is 2.45. The van der Waals surface area contributed by atoms with Crippen molar-refractivity contribution in [2.45, 2.75) is 19.5 Å². The molecule has 0 aliphatic carbocycles. The van der Waals surface area contributed by atoms with Crippen LogP contribution in [0.3, 0.4) is 0 Å². The van der Waals surface area contributed by atoms with Crippen LogP contribution in [0.25, 0.3) is 0 Å². The van der Waals surface area contributed by atoms with E-state index in [4.69, 9.17) is 4.74 Å². The molecular formula is C12H22N4O. The number of aryl methyl sites for hydroxylation is 1. The molecular weight excluding hydrogens is 216 g/mol. The van der Waals surface area contributed by atoms with Gasteiger partial charge in [0, 0.05) is 45.5 Å². The molecule has 1 saturated heterocycles. The Morgan fingerprint density at radius 3 is 2.88 bits per heavy atom. The number of aromatic nitrogens is 2. The van der Waals surface area contributed by atoms with E-state index in [2.05, 4.69) is 28.3 Å². The fourth-order valence-electron chi connectivity index (χ4n) is 2.09. The molecule has 0 saturated carbocycles. The molecule has 1 unspecified atom stereocenters. The Labute approximate surface area is 103 Å². The van der Waals surface area contributed by atoms with Crippen molar-refractivity contribution >= 4 is 0 Å². The molecule has 0 bridgehead atoms. The number of morpholine rings is 1. The number of nitrogens with one attached hydrogen (secondary N) is 1. The van der Waals surface area contributed by atoms with Crippen LogP contribution in [0.1, 0.15) is 12.6 Å². The van der Waals surface area contributed by atoms with E-state index in [9.17, 15) is 0 Å². The van der Waals surface area contributed by atoms with Crippen molar-refractivity contribution in [1.29, 1.82) is 0 Å². The lowest BCUT2D eigenvalue weighted by Crippen LogP contribution is -2.44. The average molecular weight is 238 g/mol. The summed E-state index contributed by atoms with van der Waals surface area (Å²) in [5, 5.41) is 7.69. The summed E-state index contributed by atoms with van der Waals surface area (Å²) >= 11 is 0. The summed E-state index contributed by atoms with van der Waals surface area (Å²) in [7, 11) is 1.98. The summed E-state index contributed by atoms with van der Waals surface area (Å²) in [6, 6.07) is 2.54. The standard InChI is InChI=1S/C12H22N4O/c1-11(10-16-5-7-17-8-6-16)13-9-12-3-4-14-15(12)2/h3-4,11,13H,5-10H2,1-2H3. The lowest BCUT2D eigenvalue weighted by Gasteiger charge is -2.29. The van der Waals surface area contributed by atoms with E-state index in [1.165, 1.54) is 5.69 Å². The SMILES string of the molecule is CC(CN1CCOCC1)NCc1ccnn1C. The van der Waals surface area contributed by atoms with Crippen LogP contribution < -0.4 is 5.32 Å². The normalized spacial score (nSPS) is 19.4. The molecule has 0 spiro atoms. The fraction of sp³-hybridized carbons (Fsp3) is 0.750. The fourth-order valence-corrected chi connectivity index (χ4v) is 2.09. The third-order valence-corrected chi connectivity index (χ3v) is 3.19. The molecule has 0 aromatic carbocycles. The van der Waals surface area contributed by atoms with Crippen molar-refractivity contribution in [3.63, 3.8) is 0 Å². The molecule has 2 rings (SSSR count). The van der Waals surface area contributed by atoms with Crippen LogP contribution in [-0.2, 0) is 18.3 Å². The molecule has 1 N–H and O–H groups in total. The topological polar surface area (TPSA) is 42.3 Å². The van der Waals surface area contributed by atoms with Gasteiger partial charge in [-0.1, -0.05) is 0 Å². The van der Waals surface area contributed by atoms with Gasteiger partial charge in [-0.25, -0.2) is 0 Å². The van der Waals surface area contributed by atoms with Crippen LogP contribution in [0.2, 0.25) is 0 Å². The monoisotopic (exact) mass is 238 g/mol. The molecule has 0 radical (unpaired) electrons. The lowest BCUT2D eigenvalue weighted by atomic mass is 10.2. The van der Waals surface area contributed by atoms with Gasteiger partial charge in [0.25, 0.3) is 0 Å². The van der Waals surface area contributed by atoms with Gasteiger partial charge in [0.15, 0.2) is 0 Å². The second-order valence-electron chi connectivity index (χ2n) is 4.64. The van der Waals surface area contributed by atoms with Crippen LogP contribution >= 0.6 is 0 Å².